The van der Waals surface area contributed by atoms with Crippen molar-refractivity contribution in [3.63, 3.8) is 0 Å². The fourth-order valence-electron chi connectivity index (χ4n) is 1.67. The van der Waals surface area contributed by atoms with Gasteiger partial charge in [0.1, 0.15) is 0 Å². The van der Waals surface area contributed by atoms with Crippen LogP contribution in [-0.2, 0) is 0 Å². The van der Waals surface area contributed by atoms with E-state index in [1.807, 2.05) is 6.92 Å². The third kappa shape index (κ3) is 5.26. The molecule has 1 amide bonds. The molecule has 0 radical (unpaired) electrons. The Labute approximate surface area is 151 Å². The molecule has 0 saturated heterocycles. The van der Waals surface area contributed by atoms with Crippen molar-refractivity contribution in [1.29, 1.82) is 0 Å². The first-order chi connectivity index (χ1) is 10.2. The Morgan fingerprint density at radius 2 is 1.77 bits per heavy atom. The predicted molar refractivity (Wildman–Crippen MR) is 79.1 cm³/mol. The first-order valence-electron chi connectivity index (χ1n) is 6.76. The minimum atomic E-state index is -0.170. The number of nitrogens with zero attached hydrogens (tertiary/aromatic N) is 2. The van der Waals surface area contributed by atoms with Crippen LogP contribution in [-0.4, -0.2) is 12.5 Å². The van der Waals surface area contributed by atoms with Crippen molar-refractivity contribution >= 4 is 17.3 Å². The Balaban J connectivity index is 0.00000242. The molecule has 0 spiro atoms. The van der Waals surface area contributed by atoms with Gasteiger partial charge >= 0.3 is 29.6 Å². The molecule has 0 unspecified atom stereocenters. The number of azo groups is 1. The Hall–Kier alpha value is -1.69. The molecule has 108 valence electrons. The predicted octanol–water partition coefficient (Wildman–Crippen LogP) is 0.319. The van der Waals surface area contributed by atoms with E-state index in [0.29, 0.717) is 23.5 Å². The largest absolute Gasteiger partial charge is 1.00 e. The molecular weight excluding hydrogens is 289 g/mol. The number of hydrogen-bond donors (Lipinski definition) is 1. The average Bonchev–Trinajstić information content (AvgIpc) is 2.52. The maximum Gasteiger partial charge on any atom is 1.00 e. The molecule has 0 heterocycles. The van der Waals surface area contributed by atoms with Gasteiger partial charge in [-0.05, 0) is 36.8 Å². The number of rotatable bonds is 5. The van der Waals surface area contributed by atoms with E-state index in [4.69, 9.17) is 0 Å². The smallest absolute Gasteiger partial charge is 0.871 e. The van der Waals surface area contributed by atoms with Gasteiger partial charge in [0.25, 0.3) is 5.91 Å². The molecule has 6 heteroatoms. The van der Waals surface area contributed by atoms with Crippen LogP contribution in [0.4, 0.5) is 11.4 Å². The SMILES string of the molecule is CCCNC(=O)c1ccc(N=Nc2ccccc2[O-])cc1.[Na+]. The van der Waals surface area contributed by atoms with Crippen molar-refractivity contribution in [2.24, 2.45) is 10.2 Å². The zero-order valence-corrected chi connectivity index (χ0v) is 14.7. The molecule has 2 rings (SSSR count). The molecule has 22 heavy (non-hydrogen) atoms. The minimum Gasteiger partial charge on any atom is -0.871 e. The zero-order chi connectivity index (χ0) is 15.1. The molecule has 0 fully saturated rings. The van der Waals surface area contributed by atoms with E-state index >= 15 is 0 Å². The van der Waals surface area contributed by atoms with E-state index in [2.05, 4.69) is 15.5 Å². The zero-order valence-electron chi connectivity index (χ0n) is 12.7. The normalized spacial score (nSPS) is 10.2. The van der Waals surface area contributed by atoms with Gasteiger partial charge < -0.3 is 10.4 Å². The molecular formula is C16H16N3NaO2. The number of nitrogens with one attached hydrogen (secondary N) is 1. The van der Waals surface area contributed by atoms with Gasteiger partial charge in [0.05, 0.1) is 11.4 Å². The second-order valence-electron chi connectivity index (χ2n) is 4.47. The van der Waals surface area contributed by atoms with Gasteiger partial charge in [-0.1, -0.05) is 30.9 Å². The van der Waals surface area contributed by atoms with E-state index < -0.39 is 0 Å². The first kappa shape index (κ1) is 18.4. The van der Waals surface area contributed by atoms with Crippen LogP contribution in [0.5, 0.6) is 5.75 Å². The fraction of sp³-hybridized carbons (Fsp3) is 0.188. The number of hydrogen-bond acceptors (Lipinski definition) is 4. The number of para-hydroxylation sites is 1. The van der Waals surface area contributed by atoms with Gasteiger partial charge in [-0.15, -0.1) is 0 Å². The summed E-state index contributed by atoms with van der Waals surface area (Å²) >= 11 is 0. The third-order valence-corrected chi connectivity index (χ3v) is 2.80. The summed E-state index contributed by atoms with van der Waals surface area (Å²) in [6.07, 6.45) is 0.895. The van der Waals surface area contributed by atoms with Crippen LogP contribution < -0.4 is 40.0 Å². The maximum absolute atomic E-state index is 11.7. The van der Waals surface area contributed by atoms with Crippen molar-refractivity contribution in [2.45, 2.75) is 13.3 Å². The van der Waals surface area contributed by atoms with Gasteiger partial charge in [-0.25, -0.2) is 0 Å². The molecule has 2 aromatic carbocycles. The van der Waals surface area contributed by atoms with Crippen LogP contribution in [0.25, 0.3) is 0 Å². The van der Waals surface area contributed by atoms with Gasteiger partial charge in [0, 0.05) is 12.1 Å². The molecule has 0 bridgehead atoms. The number of carbonyl (C=O) groups excluding carboxylic acids is 1. The van der Waals surface area contributed by atoms with Crippen LogP contribution >= 0.6 is 0 Å². The molecule has 1 N–H and O–H groups in total. The standard InChI is InChI=1S/C16H17N3O2.Na/c1-2-11-17-16(21)12-7-9-13(10-8-12)18-19-14-5-3-4-6-15(14)20;/h3-10,20H,2,11H2,1H3,(H,17,21);/q;+1/p-1. The van der Waals surface area contributed by atoms with Crippen LogP contribution in [0.3, 0.4) is 0 Å². The van der Waals surface area contributed by atoms with E-state index in [1.54, 1.807) is 42.5 Å². The summed E-state index contributed by atoms with van der Waals surface area (Å²) in [5.74, 6) is -0.276. The summed E-state index contributed by atoms with van der Waals surface area (Å²) in [5, 5.41) is 22.2. The van der Waals surface area contributed by atoms with Gasteiger partial charge in [-0.3, -0.25) is 4.79 Å². The van der Waals surface area contributed by atoms with E-state index in [0.717, 1.165) is 6.42 Å². The maximum atomic E-state index is 11.7. The van der Waals surface area contributed by atoms with Gasteiger partial charge in [-0.2, -0.15) is 10.2 Å². The molecule has 0 aliphatic heterocycles. The molecule has 0 atom stereocenters. The first-order valence-corrected chi connectivity index (χ1v) is 6.76. The molecule has 5 nitrogen and oxygen atoms in total. The van der Waals surface area contributed by atoms with Crippen LogP contribution in [0.2, 0.25) is 0 Å². The van der Waals surface area contributed by atoms with Crippen molar-refractivity contribution in [3.8, 4) is 5.75 Å². The Morgan fingerprint density at radius 1 is 1.09 bits per heavy atom. The van der Waals surface area contributed by atoms with Crippen LogP contribution in [0.15, 0.2) is 58.8 Å². The monoisotopic (exact) mass is 305 g/mol. The Kier molecular flexibility index (Phi) is 7.80. The summed E-state index contributed by atoms with van der Waals surface area (Å²) in [6, 6.07) is 13.2. The second kappa shape index (κ2) is 9.35. The van der Waals surface area contributed by atoms with Crippen molar-refractivity contribution < 1.29 is 39.5 Å². The number of amides is 1. The Morgan fingerprint density at radius 3 is 2.41 bits per heavy atom. The van der Waals surface area contributed by atoms with Crippen molar-refractivity contribution in [1.82, 2.24) is 5.32 Å². The third-order valence-electron chi connectivity index (χ3n) is 2.80. The number of benzene rings is 2. The summed E-state index contributed by atoms with van der Waals surface area (Å²) in [6.45, 7) is 2.65. The van der Waals surface area contributed by atoms with E-state index in [9.17, 15) is 9.90 Å². The van der Waals surface area contributed by atoms with Gasteiger partial charge in [0.2, 0.25) is 0 Å². The van der Waals surface area contributed by atoms with Crippen molar-refractivity contribution in [3.05, 3.63) is 54.1 Å². The van der Waals surface area contributed by atoms with Gasteiger partial charge in [0.15, 0.2) is 0 Å². The van der Waals surface area contributed by atoms with Crippen LogP contribution in [0.1, 0.15) is 23.7 Å². The summed E-state index contributed by atoms with van der Waals surface area (Å²) in [4.78, 5) is 11.7. The summed E-state index contributed by atoms with van der Waals surface area (Å²) < 4.78 is 0. The average molecular weight is 305 g/mol. The summed E-state index contributed by atoms with van der Waals surface area (Å²) in [5.41, 5.74) is 1.46. The topological polar surface area (TPSA) is 76.9 Å². The molecule has 2 aromatic rings. The molecule has 0 saturated carbocycles. The number of carbonyl (C=O) groups is 1. The van der Waals surface area contributed by atoms with E-state index in [-0.39, 0.29) is 41.2 Å². The minimum absolute atomic E-state index is 0. The van der Waals surface area contributed by atoms with Crippen molar-refractivity contribution in [2.75, 3.05) is 6.54 Å². The molecule has 0 aromatic heterocycles. The molecule has 0 aliphatic rings. The quantitative estimate of drug-likeness (QED) is 0.638. The Bertz CT molecular complexity index is 642. The van der Waals surface area contributed by atoms with E-state index in [1.165, 1.54) is 6.07 Å². The fourth-order valence-corrected chi connectivity index (χ4v) is 1.67. The second-order valence-corrected chi connectivity index (χ2v) is 4.47. The summed E-state index contributed by atoms with van der Waals surface area (Å²) in [7, 11) is 0. The molecule has 0 aliphatic carbocycles. The van der Waals surface area contributed by atoms with Crippen LogP contribution in [0, 0.1) is 0 Å².